The molecule has 0 aliphatic rings. The molecule has 0 heterocycles. The average molecular weight is 259 g/mol. The molecule has 0 aromatic carbocycles. The van der Waals surface area contributed by atoms with E-state index in [4.69, 9.17) is 0 Å². The Bertz CT molecular complexity index is 11.6. The van der Waals surface area contributed by atoms with E-state index in [9.17, 15) is 0 Å². The topological polar surface area (TPSA) is 0 Å². The van der Waals surface area contributed by atoms with Crippen LogP contribution in [-0.4, -0.2) is 40.4 Å². The second-order valence-corrected chi connectivity index (χ2v) is 0. The molecule has 0 aromatic heterocycles. The number of rotatable bonds is 0. The van der Waals surface area contributed by atoms with E-state index in [2.05, 4.69) is 0 Å². The molecule has 0 aromatic rings. The fourth-order valence-corrected chi connectivity index (χ4v) is 0. The van der Waals surface area contributed by atoms with E-state index in [1.807, 2.05) is 0 Å². The molecule has 0 fully saturated rings. The molecule has 1 radical (unpaired) electrons. The van der Waals surface area contributed by atoms with Crippen molar-refractivity contribution in [1.82, 2.24) is 0 Å². The molecule has 0 saturated heterocycles. The summed E-state index contributed by atoms with van der Waals surface area (Å²) in [5, 5.41) is 0. The van der Waals surface area contributed by atoms with Crippen molar-refractivity contribution in [3.8, 4) is 0 Å². The van der Waals surface area contributed by atoms with Crippen molar-refractivity contribution in [3.63, 3.8) is 0 Å². The molecule has 5 heteroatoms. The van der Waals surface area contributed by atoms with Crippen LogP contribution in [0.25, 0.3) is 0 Å². The van der Waals surface area contributed by atoms with Crippen LogP contribution >= 0.6 is 0 Å². The quantitative estimate of drug-likeness (QED) is 0.437. The monoisotopic (exact) mass is 257 g/mol. The first kappa shape index (κ1) is 39.7. The predicted molar refractivity (Wildman–Crippen MR) is 18.5 cm³/mol. The maximum atomic E-state index is 0. The third kappa shape index (κ3) is 18.6. The zero-order valence-electron chi connectivity index (χ0n) is 1.30. The van der Waals surface area contributed by atoms with Crippen molar-refractivity contribution < 1.29 is 65.0 Å². The Hall–Kier alpha value is 3.42. The van der Waals surface area contributed by atoms with Crippen molar-refractivity contribution in [2.24, 2.45) is 0 Å². The number of hydrogen-bond acceptors (Lipinski definition) is 0. The molecule has 0 spiro atoms. The minimum atomic E-state index is 0. The summed E-state index contributed by atoms with van der Waals surface area (Å²) in [5.74, 6) is 0. The molecule has 0 nitrogen and oxygen atoms in total. The van der Waals surface area contributed by atoms with Crippen LogP contribution in [0.3, 0.4) is 0 Å². The molecule has 5 heavy (non-hydrogen) atoms. The van der Waals surface area contributed by atoms with E-state index in [0.717, 1.165) is 0 Å². The summed E-state index contributed by atoms with van der Waals surface area (Å²) in [6, 6.07) is 0. The normalized spacial score (nSPS) is 0. The van der Waals surface area contributed by atoms with Crippen LogP contribution in [0.4, 0.5) is 0 Å². The van der Waals surface area contributed by atoms with Gasteiger partial charge < -0.3 is 0 Å². The van der Waals surface area contributed by atoms with Crippen LogP contribution in [-0.2, 0) is 65.0 Å². The van der Waals surface area contributed by atoms with Gasteiger partial charge in [0.05, 0.1) is 0 Å². The molecule has 29 valence electrons. The van der Waals surface area contributed by atoms with Gasteiger partial charge in [-0.25, -0.2) is 0 Å². The van der Waals surface area contributed by atoms with Gasteiger partial charge in [0.25, 0.3) is 0 Å². The van der Waals surface area contributed by atoms with Crippen molar-refractivity contribution in [2.75, 3.05) is 0 Å². The average Bonchev–Trinajstić information content (AvgIpc) is 0. The van der Waals surface area contributed by atoms with Crippen LogP contribution in [0.15, 0.2) is 0 Å². The van der Waals surface area contributed by atoms with Crippen molar-refractivity contribution in [3.05, 3.63) is 0 Å². The van der Waals surface area contributed by atoms with Crippen LogP contribution in [0.2, 0.25) is 0 Å². The predicted octanol–water partition coefficient (Wildman–Crippen LogP) is -2.11. The molecule has 0 rings (SSSR count). The Kier molecular flexibility index (Phi) is 208. The van der Waals surface area contributed by atoms with Crippen molar-refractivity contribution in [2.45, 2.75) is 0 Å². The first-order valence-electron chi connectivity index (χ1n) is 0. The van der Waals surface area contributed by atoms with Gasteiger partial charge in [-0.15, -0.1) is 0 Å². The van der Waals surface area contributed by atoms with E-state index >= 15 is 0 Å². The SMILES string of the molecule is [AlH3].[Cu].[MgH2].[Ti].[Zr]. The van der Waals surface area contributed by atoms with Gasteiger partial charge in [-0.05, 0) is 0 Å². The molecule has 0 bridgehead atoms. The second-order valence-electron chi connectivity index (χ2n) is 0. The summed E-state index contributed by atoms with van der Waals surface area (Å²) in [4.78, 5) is 0. The zero-order chi connectivity index (χ0) is 0. The van der Waals surface area contributed by atoms with Gasteiger partial charge >= 0.3 is 23.1 Å². The Morgan fingerprint density at radius 3 is 1.00 bits per heavy atom. The fourth-order valence-electron chi connectivity index (χ4n) is 0. The van der Waals surface area contributed by atoms with E-state index in [1.165, 1.54) is 0 Å². The second kappa shape index (κ2) is 26.2. The van der Waals surface area contributed by atoms with Crippen LogP contribution in [0.5, 0.6) is 0 Å². The molecule has 0 unspecified atom stereocenters. The first-order chi connectivity index (χ1) is 0. The van der Waals surface area contributed by atoms with E-state index < -0.39 is 0 Å². The van der Waals surface area contributed by atoms with Crippen LogP contribution < -0.4 is 0 Å². The maximum absolute atomic E-state index is 0. The van der Waals surface area contributed by atoms with Gasteiger partial charge in [0.1, 0.15) is 0 Å². The Balaban J connectivity index is 0. The molecule has 0 saturated carbocycles. The summed E-state index contributed by atoms with van der Waals surface area (Å²) >= 11 is 0. The molecular weight excluding hydrogens is 254 g/mol. The van der Waals surface area contributed by atoms with Gasteiger partial charge in [-0.2, -0.15) is 0 Å². The Morgan fingerprint density at radius 1 is 1.00 bits per heavy atom. The molecule has 0 N–H and O–H groups in total. The Labute approximate surface area is 103 Å². The van der Waals surface area contributed by atoms with E-state index in [-0.39, 0.29) is 105 Å². The van der Waals surface area contributed by atoms with E-state index in [0.29, 0.717) is 0 Å². The molecule has 0 atom stereocenters. The molecule has 0 aliphatic carbocycles. The molecular formula is H5AlCuMgTiZr. The summed E-state index contributed by atoms with van der Waals surface area (Å²) in [5.41, 5.74) is 0. The van der Waals surface area contributed by atoms with Crippen LogP contribution in [0.1, 0.15) is 0 Å². The number of hydrogen-bond donors (Lipinski definition) is 0. The van der Waals surface area contributed by atoms with Gasteiger partial charge in [-0.1, -0.05) is 0 Å². The fraction of sp³-hybridized carbons (Fsp3) is 0. The summed E-state index contributed by atoms with van der Waals surface area (Å²) in [7, 11) is 0. The zero-order valence-corrected chi connectivity index (χ0v) is 6.26. The van der Waals surface area contributed by atoms with Crippen molar-refractivity contribution in [1.29, 1.82) is 0 Å². The van der Waals surface area contributed by atoms with Gasteiger partial charge in [-0.3, -0.25) is 0 Å². The van der Waals surface area contributed by atoms with Gasteiger partial charge in [0.15, 0.2) is 17.4 Å². The van der Waals surface area contributed by atoms with Crippen molar-refractivity contribution >= 4 is 40.4 Å². The summed E-state index contributed by atoms with van der Waals surface area (Å²) < 4.78 is 0. The van der Waals surface area contributed by atoms with Gasteiger partial charge in [0.2, 0.25) is 0 Å². The third-order valence-electron chi connectivity index (χ3n) is 0. The Morgan fingerprint density at radius 2 is 1.00 bits per heavy atom. The smallest absolute Gasteiger partial charge is 0 e. The summed E-state index contributed by atoms with van der Waals surface area (Å²) in [6.07, 6.45) is 0. The largest absolute Gasteiger partial charge is 0.316 e. The van der Waals surface area contributed by atoms with Gasteiger partial charge in [0, 0.05) is 65.0 Å². The standard InChI is InChI=1S/Al.Cu.Mg.Ti.Zr.5H. The molecule has 0 amide bonds. The van der Waals surface area contributed by atoms with Crippen LogP contribution in [0, 0.1) is 0 Å². The maximum Gasteiger partial charge on any atom is 0.316 e. The third-order valence-corrected chi connectivity index (χ3v) is 0. The first-order valence-corrected chi connectivity index (χ1v) is 0. The minimum Gasteiger partial charge on any atom is 0 e. The van der Waals surface area contributed by atoms with E-state index in [1.54, 1.807) is 0 Å². The summed E-state index contributed by atoms with van der Waals surface area (Å²) in [6.45, 7) is 0. The minimum absolute atomic E-state index is 0. The molecule has 0 aliphatic heterocycles.